The van der Waals surface area contributed by atoms with Crippen LogP contribution in [0.2, 0.25) is 0 Å². The first kappa shape index (κ1) is 11.7. The monoisotopic (exact) mass is 228 g/mol. The van der Waals surface area contributed by atoms with Crippen molar-refractivity contribution in [3.63, 3.8) is 0 Å². The average molecular weight is 228 g/mol. The summed E-state index contributed by atoms with van der Waals surface area (Å²) < 4.78 is 0. The summed E-state index contributed by atoms with van der Waals surface area (Å²) in [5.41, 5.74) is 1.92. The fraction of sp³-hybridized carbons (Fsp3) is 0.357. The van der Waals surface area contributed by atoms with Gasteiger partial charge in [0.25, 0.3) is 0 Å². The van der Waals surface area contributed by atoms with Crippen LogP contribution in [-0.4, -0.2) is 18.5 Å². The molecule has 1 atom stereocenters. The topological polar surface area (TPSA) is 41.1 Å². The Bertz CT molecular complexity index is 425. The number of nitrogens with one attached hydrogen (secondary N) is 2. The molecule has 3 nitrogen and oxygen atoms in total. The van der Waals surface area contributed by atoms with Crippen molar-refractivity contribution in [2.75, 3.05) is 6.54 Å². The SMILES string of the molecule is C#Cc1ccc(CNC(=O)C2CCCN2)cc1. The molecule has 1 amide bonds. The Morgan fingerprint density at radius 1 is 1.47 bits per heavy atom. The van der Waals surface area contributed by atoms with Crippen molar-refractivity contribution in [1.82, 2.24) is 10.6 Å². The molecular weight excluding hydrogens is 212 g/mol. The van der Waals surface area contributed by atoms with Gasteiger partial charge >= 0.3 is 0 Å². The van der Waals surface area contributed by atoms with Gasteiger partial charge in [-0.15, -0.1) is 6.42 Å². The van der Waals surface area contributed by atoms with E-state index in [1.54, 1.807) is 0 Å². The van der Waals surface area contributed by atoms with E-state index in [-0.39, 0.29) is 11.9 Å². The first-order chi connectivity index (χ1) is 8.29. The number of carbonyl (C=O) groups excluding carboxylic acids is 1. The maximum atomic E-state index is 11.7. The molecule has 0 spiro atoms. The van der Waals surface area contributed by atoms with Crippen LogP contribution in [0.25, 0.3) is 0 Å². The molecule has 0 bridgehead atoms. The van der Waals surface area contributed by atoms with E-state index in [2.05, 4.69) is 16.6 Å². The van der Waals surface area contributed by atoms with Gasteiger partial charge in [-0.2, -0.15) is 0 Å². The number of benzene rings is 1. The zero-order valence-corrected chi connectivity index (χ0v) is 9.70. The van der Waals surface area contributed by atoms with Gasteiger partial charge in [-0.1, -0.05) is 18.1 Å². The van der Waals surface area contributed by atoms with Crippen LogP contribution in [0.3, 0.4) is 0 Å². The van der Waals surface area contributed by atoms with Gasteiger partial charge in [0, 0.05) is 12.1 Å². The van der Waals surface area contributed by atoms with E-state index < -0.39 is 0 Å². The van der Waals surface area contributed by atoms with E-state index in [0.29, 0.717) is 6.54 Å². The Kier molecular flexibility index (Phi) is 3.79. The normalized spacial score (nSPS) is 18.6. The number of amides is 1. The molecule has 0 radical (unpaired) electrons. The molecule has 1 aromatic rings. The standard InChI is InChI=1S/C14H16N2O/c1-2-11-5-7-12(8-6-11)10-16-14(17)13-4-3-9-15-13/h1,5-8,13,15H,3-4,9-10H2,(H,16,17). The average Bonchev–Trinajstić information content (AvgIpc) is 2.90. The van der Waals surface area contributed by atoms with Crippen LogP contribution in [0, 0.1) is 12.3 Å². The highest BCUT2D eigenvalue weighted by atomic mass is 16.2. The summed E-state index contributed by atoms with van der Waals surface area (Å²) in [6, 6.07) is 7.64. The molecule has 88 valence electrons. The van der Waals surface area contributed by atoms with Crippen LogP contribution in [-0.2, 0) is 11.3 Å². The molecule has 1 aliphatic heterocycles. The number of rotatable bonds is 3. The lowest BCUT2D eigenvalue weighted by atomic mass is 10.1. The number of terminal acetylenes is 1. The molecule has 1 heterocycles. The Labute approximate surface area is 102 Å². The lowest BCUT2D eigenvalue weighted by Gasteiger charge is -2.11. The highest BCUT2D eigenvalue weighted by molar-refractivity contribution is 5.81. The minimum atomic E-state index is -0.0139. The summed E-state index contributed by atoms with van der Waals surface area (Å²) in [5.74, 6) is 2.65. The van der Waals surface area contributed by atoms with Crippen LogP contribution in [0.5, 0.6) is 0 Å². The fourth-order valence-corrected chi connectivity index (χ4v) is 1.94. The minimum Gasteiger partial charge on any atom is -0.351 e. The predicted octanol–water partition coefficient (Wildman–Crippen LogP) is 1.04. The van der Waals surface area contributed by atoms with Crippen molar-refractivity contribution < 1.29 is 4.79 Å². The van der Waals surface area contributed by atoms with Crippen LogP contribution >= 0.6 is 0 Å². The van der Waals surface area contributed by atoms with Crippen molar-refractivity contribution >= 4 is 5.91 Å². The Morgan fingerprint density at radius 3 is 2.82 bits per heavy atom. The van der Waals surface area contributed by atoms with Gasteiger partial charge in [-0.05, 0) is 37.1 Å². The lowest BCUT2D eigenvalue weighted by molar-refractivity contribution is -0.122. The van der Waals surface area contributed by atoms with E-state index in [9.17, 15) is 4.79 Å². The van der Waals surface area contributed by atoms with E-state index in [4.69, 9.17) is 6.42 Å². The molecular formula is C14H16N2O. The maximum absolute atomic E-state index is 11.7. The van der Waals surface area contributed by atoms with Crippen molar-refractivity contribution in [2.45, 2.75) is 25.4 Å². The molecule has 1 aliphatic rings. The second-order valence-electron chi connectivity index (χ2n) is 4.21. The first-order valence-electron chi connectivity index (χ1n) is 5.86. The highest BCUT2D eigenvalue weighted by Crippen LogP contribution is 2.06. The highest BCUT2D eigenvalue weighted by Gasteiger charge is 2.21. The third kappa shape index (κ3) is 3.08. The molecule has 1 saturated heterocycles. The third-order valence-corrected chi connectivity index (χ3v) is 2.96. The smallest absolute Gasteiger partial charge is 0.237 e. The molecule has 0 aliphatic carbocycles. The molecule has 2 rings (SSSR count). The molecule has 1 fully saturated rings. The third-order valence-electron chi connectivity index (χ3n) is 2.96. The van der Waals surface area contributed by atoms with Crippen molar-refractivity contribution in [1.29, 1.82) is 0 Å². The number of hydrogen-bond donors (Lipinski definition) is 2. The van der Waals surface area contributed by atoms with Crippen molar-refractivity contribution in [3.8, 4) is 12.3 Å². The second kappa shape index (κ2) is 5.51. The minimum absolute atomic E-state index is 0.0139. The summed E-state index contributed by atoms with van der Waals surface area (Å²) in [7, 11) is 0. The molecule has 3 heteroatoms. The summed E-state index contributed by atoms with van der Waals surface area (Å²) in [6.45, 7) is 1.50. The molecule has 2 N–H and O–H groups in total. The van der Waals surface area contributed by atoms with Crippen LogP contribution in [0.1, 0.15) is 24.0 Å². The van der Waals surface area contributed by atoms with Crippen molar-refractivity contribution in [2.24, 2.45) is 0 Å². The van der Waals surface area contributed by atoms with Gasteiger partial charge in [-0.3, -0.25) is 4.79 Å². The van der Waals surface area contributed by atoms with Crippen molar-refractivity contribution in [3.05, 3.63) is 35.4 Å². The second-order valence-corrected chi connectivity index (χ2v) is 4.21. The van der Waals surface area contributed by atoms with Crippen LogP contribution in [0.15, 0.2) is 24.3 Å². The Hall–Kier alpha value is -1.79. The number of carbonyl (C=O) groups is 1. The van der Waals surface area contributed by atoms with Gasteiger partial charge in [0.05, 0.1) is 6.04 Å². The Morgan fingerprint density at radius 2 is 2.24 bits per heavy atom. The van der Waals surface area contributed by atoms with E-state index in [1.165, 1.54) is 0 Å². The molecule has 1 aromatic carbocycles. The van der Waals surface area contributed by atoms with Crippen LogP contribution in [0.4, 0.5) is 0 Å². The molecule has 1 unspecified atom stereocenters. The van der Waals surface area contributed by atoms with E-state index in [0.717, 1.165) is 30.5 Å². The summed E-state index contributed by atoms with van der Waals surface area (Å²) in [4.78, 5) is 11.7. The van der Waals surface area contributed by atoms with Gasteiger partial charge in [0.15, 0.2) is 0 Å². The van der Waals surface area contributed by atoms with Gasteiger partial charge in [-0.25, -0.2) is 0 Å². The summed E-state index contributed by atoms with van der Waals surface area (Å²) >= 11 is 0. The van der Waals surface area contributed by atoms with Gasteiger partial charge in [0.1, 0.15) is 0 Å². The maximum Gasteiger partial charge on any atom is 0.237 e. The fourth-order valence-electron chi connectivity index (χ4n) is 1.94. The van der Waals surface area contributed by atoms with Crippen LogP contribution < -0.4 is 10.6 Å². The largest absolute Gasteiger partial charge is 0.351 e. The summed E-state index contributed by atoms with van der Waals surface area (Å²) in [5, 5.41) is 6.10. The predicted molar refractivity (Wildman–Crippen MR) is 67.2 cm³/mol. The van der Waals surface area contributed by atoms with Gasteiger partial charge in [0.2, 0.25) is 5.91 Å². The van der Waals surface area contributed by atoms with Gasteiger partial charge < -0.3 is 10.6 Å². The quantitative estimate of drug-likeness (QED) is 0.759. The van der Waals surface area contributed by atoms with E-state index >= 15 is 0 Å². The Balaban J connectivity index is 1.84. The molecule has 17 heavy (non-hydrogen) atoms. The lowest BCUT2D eigenvalue weighted by Crippen LogP contribution is -2.39. The number of hydrogen-bond acceptors (Lipinski definition) is 2. The zero-order valence-electron chi connectivity index (χ0n) is 9.70. The molecule has 0 aromatic heterocycles. The van der Waals surface area contributed by atoms with E-state index in [1.807, 2.05) is 24.3 Å². The molecule has 0 saturated carbocycles. The first-order valence-corrected chi connectivity index (χ1v) is 5.86. The zero-order chi connectivity index (χ0) is 12.1. The summed E-state index contributed by atoms with van der Waals surface area (Å²) in [6.07, 6.45) is 7.29.